The van der Waals surface area contributed by atoms with Gasteiger partial charge in [0.25, 0.3) is 0 Å². The van der Waals surface area contributed by atoms with Crippen LogP contribution in [0.5, 0.6) is 0 Å². The van der Waals surface area contributed by atoms with Gasteiger partial charge in [-0.1, -0.05) is 12.8 Å². The number of carbonyl (C=O) groups is 1. The Hall–Kier alpha value is -0.610. The summed E-state index contributed by atoms with van der Waals surface area (Å²) in [5.41, 5.74) is 5.76. The Bertz CT molecular complexity index is 264. The average molecular weight is 226 g/mol. The third-order valence-electron chi connectivity index (χ3n) is 3.94. The molecule has 2 rings (SSSR count). The summed E-state index contributed by atoms with van der Waals surface area (Å²) in [7, 11) is 0. The molecule has 0 heterocycles. The number of aliphatic hydroxyl groups is 1. The van der Waals surface area contributed by atoms with Crippen molar-refractivity contribution in [2.75, 3.05) is 0 Å². The van der Waals surface area contributed by atoms with E-state index in [4.69, 9.17) is 5.73 Å². The van der Waals surface area contributed by atoms with Gasteiger partial charge in [-0.2, -0.15) is 0 Å². The van der Waals surface area contributed by atoms with Gasteiger partial charge in [0, 0.05) is 12.0 Å². The fourth-order valence-electron chi connectivity index (χ4n) is 2.66. The molecule has 4 nitrogen and oxygen atoms in total. The molecule has 2 fully saturated rings. The molecule has 0 radical (unpaired) electrons. The zero-order chi connectivity index (χ0) is 11.6. The third-order valence-corrected chi connectivity index (χ3v) is 3.94. The van der Waals surface area contributed by atoms with Gasteiger partial charge in [-0.05, 0) is 32.1 Å². The van der Waals surface area contributed by atoms with E-state index in [9.17, 15) is 9.90 Å². The Balaban J connectivity index is 1.77. The molecule has 0 saturated heterocycles. The normalized spacial score (nSPS) is 32.9. The lowest BCUT2D eigenvalue weighted by atomic mass is 9.75. The van der Waals surface area contributed by atoms with Gasteiger partial charge in [0.1, 0.15) is 0 Å². The number of nitrogens with one attached hydrogen (secondary N) is 1. The fraction of sp³-hybridized carbons (Fsp3) is 0.917. The van der Waals surface area contributed by atoms with Crippen molar-refractivity contribution in [3.63, 3.8) is 0 Å². The summed E-state index contributed by atoms with van der Waals surface area (Å²) in [6.07, 6.45) is 6.94. The summed E-state index contributed by atoms with van der Waals surface area (Å²) < 4.78 is 0. The quantitative estimate of drug-likeness (QED) is 0.662. The number of rotatable bonds is 3. The molecule has 0 aromatic carbocycles. The van der Waals surface area contributed by atoms with Crippen molar-refractivity contribution >= 4 is 5.91 Å². The Morgan fingerprint density at radius 1 is 1.31 bits per heavy atom. The van der Waals surface area contributed by atoms with Gasteiger partial charge in [-0.15, -0.1) is 0 Å². The molecule has 4 N–H and O–H groups in total. The summed E-state index contributed by atoms with van der Waals surface area (Å²) in [4.78, 5) is 11.8. The summed E-state index contributed by atoms with van der Waals surface area (Å²) in [6, 6.07) is -0.0510. The zero-order valence-corrected chi connectivity index (χ0v) is 9.74. The second-order valence-corrected chi connectivity index (χ2v) is 5.42. The monoisotopic (exact) mass is 226 g/mol. The van der Waals surface area contributed by atoms with Crippen LogP contribution >= 0.6 is 0 Å². The van der Waals surface area contributed by atoms with Crippen molar-refractivity contribution in [3.05, 3.63) is 0 Å². The second-order valence-electron chi connectivity index (χ2n) is 5.42. The first-order chi connectivity index (χ1) is 7.59. The summed E-state index contributed by atoms with van der Waals surface area (Å²) in [5.74, 6) is 0.00755. The van der Waals surface area contributed by atoms with Crippen LogP contribution in [0.3, 0.4) is 0 Å². The highest BCUT2D eigenvalue weighted by Crippen LogP contribution is 2.32. The van der Waals surface area contributed by atoms with Crippen LogP contribution in [0.25, 0.3) is 0 Å². The molecule has 0 aliphatic heterocycles. The highest BCUT2D eigenvalue weighted by molar-refractivity contribution is 5.77. The number of carbonyl (C=O) groups excluding carboxylic acids is 1. The van der Waals surface area contributed by atoms with Crippen LogP contribution in [0.15, 0.2) is 0 Å². The van der Waals surface area contributed by atoms with E-state index in [2.05, 4.69) is 5.32 Å². The second kappa shape index (κ2) is 4.72. The number of amides is 1. The fourth-order valence-corrected chi connectivity index (χ4v) is 2.66. The molecule has 2 aliphatic rings. The highest BCUT2D eigenvalue weighted by atomic mass is 16.3. The van der Waals surface area contributed by atoms with Crippen LogP contribution in [0.2, 0.25) is 0 Å². The Labute approximate surface area is 96.6 Å². The smallest absolute Gasteiger partial charge is 0.222 e. The van der Waals surface area contributed by atoms with E-state index in [0.29, 0.717) is 6.42 Å². The lowest BCUT2D eigenvalue weighted by molar-refractivity contribution is -0.125. The van der Waals surface area contributed by atoms with Gasteiger partial charge in [-0.3, -0.25) is 4.79 Å². The number of nitrogens with two attached hydrogens (primary N) is 1. The van der Waals surface area contributed by atoms with E-state index < -0.39 is 0 Å². The molecule has 2 atom stereocenters. The van der Waals surface area contributed by atoms with E-state index in [1.54, 1.807) is 0 Å². The zero-order valence-electron chi connectivity index (χ0n) is 9.74. The minimum absolute atomic E-state index is 0.00755. The van der Waals surface area contributed by atoms with E-state index in [-0.39, 0.29) is 23.6 Å². The van der Waals surface area contributed by atoms with Gasteiger partial charge in [0.15, 0.2) is 0 Å². The standard InChI is InChI=1S/C12H22N2O2/c13-12(6-3-7-12)8-11(16)14-9-4-1-2-5-10(9)15/h9-10,15H,1-8,13H2,(H,14,16)/t9-,10-/m1/s1. The van der Waals surface area contributed by atoms with E-state index >= 15 is 0 Å². The van der Waals surface area contributed by atoms with E-state index in [1.165, 1.54) is 0 Å². The lowest BCUT2D eigenvalue weighted by Gasteiger charge is -2.38. The third kappa shape index (κ3) is 2.74. The van der Waals surface area contributed by atoms with Gasteiger partial charge in [0.05, 0.1) is 12.1 Å². The van der Waals surface area contributed by atoms with Crippen LogP contribution in [-0.2, 0) is 4.79 Å². The van der Waals surface area contributed by atoms with Crippen LogP contribution in [0.1, 0.15) is 51.4 Å². The molecule has 2 saturated carbocycles. The Kier molecular flexibility index (Phi) is 3.50. The first kappa shape index (κ1) is 11.9. The molecule has 16 heavy (non-hydrogen) atoms. The van der Waals surface area contributed by atoms with Crippen molar-refractivity contribution in [1.82, 2.24) is 5.32 Å². The maximum atomic E-state index is 11.8. The molecule has 0 aromatic heterocycles. The van der Waals surface area contributed by atoms with Crippen LogP contribution < -0.4 is 11.1 Å². The maximum Gasteiger partial charge on any atom is 0.222 e. The summed E-state index contributed by atoms with van der Waals surface area (Å²) >= 11 is 0. The molecule has 0 aromatic rings. The first-order valence-corrected chi connectivity index (χ1v) is 6.35. The van der Waals surface area contributed by atoms with Gasteiger partial charge < -0.3 is 16.2 Å². The Morgan fingerprint density at radius 2 is 2.00 bits per heavy atom. The SMILES string of the molecule is NC1(CC(=O)N[C@@H]2CCCC[C@H]2O)CCC1. The predicted molar refractivity (Wildman–Crippen MR) is 61.8 cm³/mol. The Morgan fingerprint density at radius 3 is 2.56 bits per heavy atom. The highest BCUT2D eigenvalue weighted by Gasteiger charge is 2.35. The summed E-state index contributed by atoms with van der Waals surface area (Å²) in [6.45, 7) is 0. The van der Waals surface area contributed by atoms with Crippen LogP contribution in [0, 0.1) is 0 Å². The predicted octanol–water partition coefficient (Wildman–Crippen LogP) is 0.678. The van der Waals surface area contributed by atoms with E-state index in [1.807, 2.05) is 0 Å². The molecule has 92 valence electrons. The number of hydrogen-bond donors (Lipinski definition) is 3. The lowest BCUT2D eigenvalue weighted by Crippen LogP contribution is -2.52. The van der Waals surface area contributed by atoms with Crippen molar-refractivity contribution < 1.29 is 9.90 Å². The van der Waals surface area contributed by atoms with Crippen LogP contribution in [0.4, 0.5) is 0 Å². The molecule has 1 amide bonds. The van der Waals surface area contributed by atoms with Gasteiger partial charge in [-0.25, -0.2) is 0 Å². The molecule has 4 heteroatoms. The van der Waals surface area contributed by atoms with E-state index in [0.717, 1.165) is 44.9 Å². The molecule has 2 aliphatic carbocycles. The molecular formula is C12H22N2O2. The van der Waals surface area contributed by atoms with Gasteiger partial charge >= 0.3 is 0 Å². The molecular weight excluding hydrogens is 204 g/mol. The number of hydrogen-bond acceptors (Lipinski definition) is 3. The minimum atomic E-state index is -0.368. The maximum absolute atomic E-state index is 11.8. The summed E-state index contributed by atoms with van der Waals surface area (Å²) in [5, 5.41) is 12.7. The minimum Gasteiger partial charge on any atom is -0.391 e. The molecule has 0 spiro atoms. The van der Waals surface area contributed by atoms with Crippen molar-refractivity contribution in [1.29, 1.82) is 0 Å². The molecule has 0 bridgehead atoms. The van der Waals surface area contributed by atoms with Gasteiger partial charge in [0.2, 0.25) is 5.91 Å². The average Bonchev–Trinajstić information content (AvgIpc) is 2.19. The number of aliphatic hydroxyl groups excluding tert-OH is 1. The van der Waals surface area contributed by atoms with Crippen molar-refractivity contribution in [2.24, 2.45) is 5.73 Å². The van der Waals surface area contributed by atoms with Crippen molar-refractivity contribution in [2.45, 2.75) is 69.1 Å². The first-order valence-electron chi connectivity index (χ1n) is 6.35. The topological polar surface area (TPSA) is 75.4 Å². The molecule has 0 unspecified atom stereocenters. The van der Waals surface area contributed by atoms with Crippen LogP contribution in [-0.4, -0.2) is 28.7 Å². The van der Waals surface area contributed by atoms with Crippen molar-refractivity contribution in [3.8, 4) is 0 Å². The largest absolute Gasteiger partial charge is 0.391 e.